The number of likely N-dealkylation sites (tertiary alicyclic amines) is 1. The molecule has 2 aromatic heterocycles. The van der Waals surface area contributed by atoms with Gasteiger partial charge in [-0.25, -0.2) is 15.0 Å². The molecule has 4 heterocycles. The number of piperidine rings is 1. The van der Waals surface area contributed by atoms with Crippen LogP contribution in [0.15, 0.2) is 49.1 Å². The minimum atomic E-state index is 0.0866. The van der Waals surface area contributed by atoms with E-state index in [1.807, 2.05) is 30.0 Å². The number of hydrogen-bond donors (Lipinski definition) is 1. The van der Waals surface area contributed by atoms with Crippen molar-refractivity contribution in [1.82, 2.24) is 24.8 Å². The van der Waals surface area contributed by atoms with Crippen LogP contribution in [0.4, 0.5) is 11.8 Å². The Bertz CT molecular complexity index is 1080. The fourth-order valence-electron chi connectivity index (χ4n) is 4.23. The topological polar surface area (TPSA) is 93.1 Å². The van der Waals surface area contributed by atoms with E-state index in [-0.39, 0.29) is 17.9 Å². The van der Waals surface area contributed by atoms with Crippen molar-refractivity contribution >= 4 is 17.7 Å². The number of benzene rings is 1. The maximum atomic E-state index is 13.0. The first-order valence-electron chi connectivity index (χ1n) is 10.6. The molecule has 1 amide bonds. The number of nitrogens with one attached hydrogen (secondary N) is 1. The summed E-state index contributed by atoms with van der Waals surface area (Å²) < 4.78 is 5.75. The summed E-state index contributed by atoms with van der Waals surface area (Å²) in [5.74, 6) is 2.36. The highest BCUT2D eigenvalue weighted by molar-refractivity contribution is 5.94. The highest BCUT2D eigenvalue weighted by Crippen LogP contribution is 2.31. The van der Waals surface area contributed by atoms with Gasteiger partial charge in [-0.3, -0.25) is 9.78 Å². The summed E-state index contributed by atoms with van der Waals surface area (Å²) in [6.07, 6.45) is 9.57. The zero-order valence-corrected chi connectivity index (χ0v) is 17.4. The molecule has 8 nitrogen and oxygen atoms in total. The molecular formula is C23H24N6O2. The van der Waals surface area contributed by atoms with Gasteiger partial charge in [0.1, 0.15) is 11.9 Å². The van der Waals surface area contributed by atoms with E-state index in [9.17, 15) is 4.79 Å². The van der Waals surface area contributed by atoms with Crippen molar-refractivity contribution in [2.45, 2.75) is 38.2 Å². The molecule has 5 rings (SSSR count). The van der Waals surface area contributed by atoms with E-state index in [4.69, 9.17) is 9.72 Å². The first-order valence-corrected chi connectivity index (χ1v) is 10.6. The van der Waals surface area contributed by atoms with Crippen LogP contribution in [0, 0.1) is 0 Å². The van der Waals surface area contributed by atoms with Crippen molar-refractivity contribution in [1.29, 1.82) is 0 Å². The van der Waals surface area contributed by atoms with Gasteiger partial charge in [0.25, 0.3) is 5.91 Å². The summed E-state index contributed by atoms with van der Waals surface area (Å²) in [6, 6.07) is 7.54. The van der Waals surface area contributed by atoms with Crippen molar-refractivity contribution in [2.75, 3.05) is 18.4 Å². The summed E-state index contributed by atoms with van der Waals surface area (Å²) in [5, 5.41) is 3.08. The average molecular weight is 416 g/mol. The first kappa shape index (κ1) is 19.4. The fraction of sp³-hybridized carbons (Fsp3) is 0.348. The average Bonchev–Trinajstić information content (AvgIpc) is 3.19. The van der Waals surface area contributed by atoms with E-state index < -0.39 is 0 Å². The minimum Gasteiger partial charge on any atom is -0.490 e. The van der Waals surface area contributed by atoms with Crippen molar-refractivity contribution in [3.8, 4) is 5.75 Å². The van der Waals surface area contributed by atoms with Crippen LogP contribution in [0.1, 0.15) is 47.3 Å². The SMILES string of the molecule is C[C@H]1Cc2cc(C(=O)N3CCC(c4cncc(Nc5ncccn5)n4)CC3)ccc2O1. The predicted molar refractivity (Wildman–Crippen MR) is 115 cm³/mol. The lowest BCUT2D eigenvalue weighted by Gasteiger charge is -2.31. The van der Waals surface area contributed by atoms with E-state index in [2.05, 4.69) is 20.3 Å². The summed E-state index contributed by atoms with van der Waals surface area (Å²) in [6.45, 7) is 3.45. The highest BCUT2D eigenvalue weighted by Gasteiger charge is 2.27. The summed E-state index contributed by atoms with van der Waals surface area (Å²) >= 11 is 0. The third-order valence-corrected chi connectivity index (χ3v) is 5.80. The van der Waals surface area contributed by atoms with Crippen LogP contribution in [-0.4, -0.2) is 49.9 Å². The maximum absolute atomic E-state index is 13.0. The monoisotopic (exact) mass is 416 g/mol. The van der Waals surface area contributed by atoms with Crippen LogP contribution in [0.25, 0.3) is 0 Å². The highest BCUT2D eigenvalue weighted by atomic mass is 16.5. The molecule has 0 spiro atoms. The van der Waals surface area contributed by atoms with Crippen LogP contribution in [-0.2, 0) is 6.42 Å². The van der Waals surface area contributed by atoms with E-state index in [0.29, 0.717) is 24.9 Å². The van der Waals surface area contributed by atoms with Crippen LogP contribution >= 0.6 is 0 Å². The molecule has 0 saturated carbocycles. The molecule has 1 aromatic carbocycles. The quantitative estimate of drug-likeness (QED) is 0.697. The Balaban J connectivity index is 1.22. The molecule has 1 atom stereocenters. The smallest absolute Gasteiger partial charge is 0.253 e. The number of aromatic nitrogens is 4. The van der Waals surface area contributed by atoms with Gasteiger partial charge >= 0.3 is 0 Å². The van der Waals surface area contributed by atoms with Gasteiger partial charge in [0.05, 0.1) is 11.9 Å². The van der Waals surface area contributed by atoms with Gasteiger partial charge in [0.2, 0.25) is 5.95 Å². The van der Waals surface area contributed by atoms with Crippen molar-refractivity contribution in [2.24, 2.45) is 0 Å². The molecule has 1 N–H and O–H groups in total. The molecule has 8 heteroatoms. The van der Waals surface area contributed by atoms with Gasteiger partial charge in [-0.15, -0.1) is 0 Å². The Morgan fingerprint density at radius 2 is 1.97 bits per heavy atom. The summed E-state index contributed by atoms with van der Waals surface area (Å²) in [4.78, 5) is 32.3. The number of nitrogens with zero attached hydrogens (tertiary/aromatic N) is 5. The van der Waals surface area contributed by atoms with Crippen LogP contribution in [0.3, 0.4) is 0 Å². The fourth-order valence-corrected chi connectivity index (χ4v) is 4.23. The normalized spacial score (nSPS) is 18.4. The molecule has 0 aliphatic carbocycles. The van der Waals surface area contributed by atoms with E-state index >= 15 is 0 Å². The maximum Gasteiger partial charge on any atom is 0.253 e. The lowest BCUT2D eigenvalue weighted by atomic mass is 9.93. The number of carbonyl (C=O) groups is 1. The van der Waals surface area contributed by atoms with Crippen molar-refractivity contribution in [3.05, 3.63) is 65.9 Å². The van der Waals surface area contributed by atoms with Crippen molar-refractivity contribution < 1.29 is 9.53 Å². The third kappa shape index (κ3) is 4.19. The number of ether oxygens (including phenoxy) is 1. The van der Waals surface area contributed by atoms with Crippen LogP contribution in [0.2, 0.25) is 0 Å². The number of hydrogen-bond acceptors (Lipinski definition) is 7. The number of carbonyl (C=O) groups excluding carboxylic acids is 1. The first-order chi connectivity index (χ1) is 15.2. The van der Waals surface area contributed by atoms with Gasteiger partial charge in [-0.05, 0) is 49.6 Å². The molecule has 0 radical (unpaired) electrons. The molecular weight excluding hydrogens is 392 g/mol. The third-order valence-electron chi connectivity index (χ3n) is 5.80. The second-order valence-corrected chi connectivity index (χ2v) is 8.05. The zero-order valence-electron chi connectivity index (χ0n) is 17.4. The molecule has 158 valence electrons. The standard InChI is InChI=1S/C23H24N6O2/c1-15-11-18-12-17(3-4-20(18)31-15)22(30)29-9-5-16(6-10-29)19-13-24-14-21(27-19)28-23-25-7-2-8-26-23/h2-4,7-8,12-16H,5-6,9-11H2,1H3,(H,25,26,27,28)/t15-/m0/s1. The largest absolute Gasteiger partial charge is 0.490 e. The van der Waals surface area contributed by atoms with E-state index in [0.717, 1.165) is 41.8 Å². The number of anilines is 2. The Hall–Kier alpha value is -3.55. The second kappa shape index (κ2) is 8.29. The minimum absolute atomic E-state index is 0.0866. The molecule has 1 saturated heterocycles. The Kier molecular flexibility index (Phi) is 5.19. The molecule has 3 aromatic rings. The number of fused-ring (bicyclic) bond motifs is 1. The van der Waals surface area contributed by atoms with Gasteiger partial charge in [-0.2, -0.15) is 0 Å². The Labute approximate surface area is 180 Å². The van der Waals surface area contributed by atoms with E-state index in [1.165, 1.54) is 0 Å². The van der Waals surface area contributed by atoms with Gasteiger partial charge in [0, 0.05) is 49.6 Å². The lowest BCUT2D eigenvalue weighted by molar-refractivity contribution is 0.0712. The number of amides is 1. The number of rotatable bonds is 4. The summed E-state index contributed by atoms with van der Waals surface area (Å²) in [5.41, 5.74) is 2.79. The van der Waals surface area contributed by atoms with Crippen LogP contribution < -0.4 is 10.1 Å². The molecule has 1 fully saturated rings. The summed E-state index contributed by atoms with van der Waals surface area (Å²) in [7, 11) is 0. The van der Waals surface area contributed by atoms with Crippen molar-refractivity contribution in [3.63, 3.8) is 0 Å². The molecule has 31 heavy (non-hydrogen) atoms. The van der Waals surface area contributed by atoms with Gasteiger partial charge in [-0.1, -0.05) is 0 Å². The second-order valence-electron chi connectivity index (χ2n) is 8.05. The van der Waals surface area contributed by atoms with E-state index in [1.54, 1.807) is 30.9 Å². The lowest BCUT2D eigenvalue weighted by Crippen LogP contribution is -2.38. The Morgan fingerprint density at radius 1 is 1.16 bits per heavy atom. The van der Waals surface area contributed by atoms with Crippen LogP contribution in [0.5, 0.6) is 5.75 Å². The zero-order chi connectivity index (χ0) is 21.2. The molecule has 2 aliphatic heterocycles. The van der Waals surface area contributed by atoms with Gasteiger partial charge in [0.15, 0.2) is 5.82 Å². The Morgan fingerprint density at radius 3 is 2.77 bits per heavy atom. The molecule has 0 bridgehead atoms. The molecule has 2 aliphatic rings. The predicted octanol–water partition coefficient (Wildman–Crippen LogP) is 3.35. The molecule has 0 unspecified atom stereocenters. The van der Waals surface area contributed by atoms with Gasteiger partial charge < -0.3 is 15.0 Å².